The molecule has 4 heteroatoms. The molecule has 0 radical (unpaired) electrons. The predicted octanol–water partition coefficient (Wildman–Crippen LogP) is -0.274. The summed E-state index contributed by atoms with van der Waals surface area (Å²) in [6.07, 6.45) is 4.11. The fraction of sp³-hybridized carbons (Fsp3) is 1.00. The Labute approximate surface area is 86.6 Å². The molecule has 0 aromatic heterocycles. The van der Waals surface area contributed by atoms with Crippen LogP contribution in [0.4, 0.5) is 0 Å². The fourth-order valence-electron chi connectivity index (χ4n) is 2.07. The molecule has 3 unspecified atom stereocenters. The van der Waals surface area contributed by atoms with Gasteiger partial charge in [0.25, 0.3) is 0 Å². The van der Waals surface area contributed by atoms with Gasteiger partial charge in [-0.3, -0.25) is 0 Å². The van der Waals surface area contributed by atoms with Gasteiger partial charge in [0.05, 0.1) is 6.17 Å². The van der Waals surface area contributed by atoms with E-state index in [0.717, 1.165) is 31.7 Å². The van der Waals surface area contributed by atoms with E-state index >= 15 is 0 Å². The number of hydrogen-bond donors (Lipinski definition) is 4. The van der Waals surface area contributed by atoms with Crippen molar-refractivity contribution >= 4 is 0 Å². The minimum absolute atomic E-state index is 0.199. The Morgan fingerprint density at radius 2 is 2.07 bits per heavy atom. The molecule has 0 heterocycles. The van der Waals surface area contributed by atoms with E-state index in [2.05, 4.69) is 12.2 Å². The van der Waals surface area contributed by atoms with E-state index in [0.29, 0.717) is 12.1 Å². The predicted molar refractivity (Wildman–Crippen MR) is 59.6 cm³/mol. The summed E-state index contributed by atoms with van der Waals surface area (Å²) in [7, 11) is 0. The zero-order valence-electron chi connectivity index (χ0n) is 9.08. The SMILES string of the molecule is CC1CCC(N)CC1NCCC(N)N. The third kappa shape index (κ3) is 3.92. The molecule has 3 atom stereocenters. The van der Waals surface area contributed by atoms with Crippen LogP contribution >= 0.6 is 0 Å². The Hall–Kier alpha value is -0.160. The van der Waals surface area contributed by atoms with Gasteiger partial charge in [-0.1, -0.05) is 6.92 Å². The van der Waals surface area contributed by atoms with Crippen molar-refractivity contribution in [3.05, 3.63) is 0 Å². The molecule has 0 amide bonds. The molecule has 0 bridgehead atoms. The smallest absolute Gasteiger partial charge is 0.0533 e. The van der Waals surface area contributed by atoms with Gasteiger partial charge in [0.1, 0.15) is 0 Å². The minimum Gasteiger partial charge on any atom is -0.328 e. The van der Waals surface area contributed by atoms with Crippen molar-refractivity contribution in [3.63, 3.8) is 0 Å². The Bertz CT molecular complexity index is 160. The third-order valence-electron chi connectivity index (χ3n) is 3.12. The van der Waals surface area contributed by atoms with Gasteiger partial charge in [0.15, 0.2) is 0 Å². The Morgan fingerprint density at radius 3 is 2.71 bits per heavy atom. The quantitative estimate of drug-likeness (QED) is 0.470. The molecule has 0 aromatic rings. The average molecular weight is 200 g/mol. The van der Waals surface area contributed by atoms with Gasteiger partial charge in [-0.2, -0.15) is 0 Å². The van der Waals surface area contributed by atoms with Crippen molar-refractivity contribution in [2.45, 2.75) is 50.9 Å². The lowest BCUT2D eigenvalue weighted by Crippen LogP contribution is -2.46. The summed E-state index contributed by atoms with van der Waals surface area (Å²) in [6, 6.07) is 0.924. The standard InChI is InChI=1S/C10H24N4/c1-7-2-3-8(11)6-9(7)14-5-4-10(12)13/h7-10,14H,2-6,11-13H2,1H3. The molecule has 1 rings (SSSR count). The maximum absolute atomic E-state index is 5.93. The van der Waals surface area contributed by atoms with Gasteiger partial charge in [-0.25, -0.2) is 0 Å². The highest BCUT2D eigenvalue weighted by Crippen LogP contribution is 2.22. The lowest BCUT2D eigenvalue weighted by Gasteiger charge is -2.33. The number of hydrogen-bond acceptors (Lipinski definition) is 4. The van der Waals surface area contributed by atoms with Gasteiger partial charge < -0.3 is 22.5 Å². The highest BCUT2D eigenvalue weighted by atomic mass is 14.9. The zero-order valence-corrected chi connectivity index (χ0v) is 9.08. The van der Waals surface area contributed by atoms with Crippen molar-refractivity contribution < 1.29 is 0 Å². The molecular formula is C10H24N4. The monoisotopic (exact) mass is 200 g/mol. The maximum atomic E-state index is 5.93. The second-order valence-corrected chi connectivity index (χ2v) is 4.56. The first kappa shape index (κ1) is 11.9. The topological polar surface area (TPSA) is 90.1 Å². The van der Waals surface area contributed by atoms with Crippen LogP contribution in [-0.4, -0.2) is 24.8 Å². The zero-order chi connectivity index (χ0) is 10.6. The highest BCUT2D eigenvalue weighted by molar-refractivity contribution is 4.84. The summed E-state index contributed by atoms with van der Waals surface area (Å²) >= 11 is 0. The first-order chi connectivity index (χ1) is 6.59. The van der Waals surface area contributed by atoms with Crippen LogP contribution in [-0.2, 0) is 0 Å². The van der Waals surface area contributed by atoms with Crippen molar-refractivity contribution in [2.24, 2.45) is 23.1 Å². The van der Waals surface area contributed by atoms with E-state index in [1.165, 1.54) is 6.42 Å². The molecule has 0 saturated heterocycles. The molecule has 4 nitrogen and oxygen atoms in total. The normalized spacial score (nSPS) is 33.6. The van der Waals surface area contributed by atoms with E-state index < -0.39 is 0 Å². The van der Waals surface area contributed by atoms with Crippen LogP contribution in [0, 0.1) is 5.92 Å². The fourth-order valence-corrected chi connectivity index (χ4v) is 2.07. The second-order valence-electron chi connectivity index (χ2n) is 4.56. The van der Waals surface area contributed by atoms with Crippen LogP contribution in [0.2, 0.25) is 0 Å². The van der Waals surface area contributed by atoms with E-state index in [9.17, 15) is 0 Å². The van der Waals surface area contributed by atoms with Gasteiger partial charge >= 0.3 is 0 Å². The van der Waals surface area contributed by atoms with Crippen molar-refractivity contribution in [3.8, 4) is 0 Å². The van der Waals surface area contributed by atoms with E-state index in [1.54, 1.807) is 0 Å². The lowest BCUT2D eigenvalue weighted by atomic mass is 9.83. The largest absolute Gasteiger partial charge is 0.328 e. The van der Waals surface area contributed by atoms with E-state index in [4.69, 9.17) is 17.2 Å². The molecule has 1 fully saturated rings. The van der Waals surface area contributed by atoms with Gasteiger partial charge in [0.2, 0.25) is 0 Å². The molecule has 1 aliphatic rings. The molecule has 1 saturated carbocycles. The molecule has 1 aliphatic carbocycles. The number of rotatable bonds is 4. The highest BCUT2D eigenvalue weighted by Gasteiger charge is 2.24. The Kier molecular flexibility index (Phi) is 4.81. The summed E-state index contributed by atoms with van der Waals surface area (Å²) in [5.74, 6) is 0.726. The maximum Gasteiger partial charge on any atom is 0.0533 e. The van der Waals surface area contributed by atoms with Crippen LogP contribution in [0.15, 0.2) is 0 Å². The summed E-state index contributed by atoms with van der Waals surface area (Å²) in [5, 5.41) is 3.49. The van der Waals surface area contributed by atoms with Gasteiger partial charge in [0, 0.05) is 12.1 Å². The molecule has 14 heavy (non-hydrogen) atoms. The molecule has 7 N–H and O–H groups in total. The number of nitrogens with one attached hydrogen (secondary N) is 1. The van der Waals surface area contributed by atoms with Crippen LogP contribution in [0.3, 0.4) is 0 Å². The van der Waals surface area contributed by atoms with Gasteiger partial charge in [-0.15, -0.1) is 0 Å². The minimum atomic E-state index is -0.199. The average Bonchev–Trinajstić information content (AvgIpc) is 2.10. The molecule has 84 valence electrons. The van der Waals surface area contributed by atoms with Crippen molar-refractivity contribution in [1.29, 1.82) is 0 Å². The summed E-state index contributed by atoms with van der Waals surface area (Å²) in [6.45, 7) is 3.19. The number of nitrogens with two attached hydrogens (primary N) is 3. The lowest BCUT2D eigenvalue weighted by molar-refractivity contribution is 0.256. The summed E-state index contributed by atoms with van der Waals surface area (Å²) in [5.41, 5.74) is 16.9. The van der Waals surface area contributed by atoms with Crippen LogP contribution < -0.4 is 22.5 Å². The van der Waals surface area contributed by atoms with E-state index in [1.807, 2.05) is 0 Å². The van der Waals surface area contributed by atoms with Crippen LogP contribution in [0.5, 0.6) is 0 Å². The molecular weight excluding hydrogens is 176 g/mol. The molecule has 0 aromatic carbocycles. The summed E-state index contributed by atoms with van der Waals surface area (Å²) in [4.78, 5) is 0. The molecule has 0 spiro atoms. The Morgan fingerprint density at radius 1 is 1.36 bits per heavy atom. The first-order valence-corrected chi connectivity index (χ1v) is 5.59. The Balaban J connectivity index is 2.20. The van der Waals surface area contributed by atoms with Crippen LogP contribution in [0.25, 0.3) is 0 Å². The summed E-state index contributed by atoms with van der Waals surface area (Å²) < 4.78 is 0. The molecule has 0 aliphatic heterocycles. The second kappa shape index (κ2) is 5.66. The van der Waals surface area contributed by atoms with Crippen molar-refractivity contribution in [2.75, 3.05) is 6.54 Å². The van der Waals surface area contributed by atoms with E-state index in [-0.39, 0.29) is 6.17 Å². The van der Waals surface area contributed by atoms with Crippen molar-refractivity contribution in [1.82, 2.24) is 5.32 Å². The van der Waals surface area contributed by atoms with Gasteiger partial charge in [-0.05, 0) is 38.1 Å². The third-order valence-corrected chi connectivity index (χ3v) is 3.12. The first-order valence-electron chi connectivity index (χ1n) is 5.59. The van der Waals surface area contributed by atoms with Crippen LogP contribution in [0.1, 0.15) is 32.6 Å².